The summed E-state index contributed by atoms with van der Waals surface area (Å²) in [7, 11) is 3.72. The fraction of sp³-hybridized carbons (Fsp3) is 0.200. The lowest BCUT2D eigenvalue weighted by atomic mass is 10.2. The third-order valence-electron chi connectivity index (χ3n) is 1.48. The highest BCUT2D eigenvalue weighted by atomic mass is 15.4. The molecule has 3 nitrogen and oxygen atoms in total. The van der Waals surface area contributed by atoms with Crippen LogP contribution in [0.2, 0.25) is 0 Å². The second kappa shape index (κ2) is 4.27. The molecule has 1 aromatic carbocycles. The standard InChI is InChI=1S/C10H11N3/c1-13(2)12-8-10-5-3-9(7-11)4-6-10/h3-6,8H,1-2H3. The molecule has 0 fully saturated rings. The van der Waals surface area contributed by atoms with E-state index in [4.69, 9.17) is 5.26 Å². The molecule has 1 aromatic rings. The van der Waals surface area contributed by atoms with Gasteiger partial charge in [-0.1, -0.05) is 12.1 Å². The molecule has 0 radical (unpaired) electrons. The van der Waals surface area contributed by atoms with Gasteiger partial charge in [-0.2, -0.15) is 10.4 Å². The number of benzene rings is 1. The highest BCUT2D eigenvalue weighted by molar-refractivity contribution is 5.79. The summed E-state index contributed by atoms with van der Waals surface area (Å²) in [5, 5.41) is 14.4. The molecule has 1 rings (SSSR count). The molecule has 0 heterocycles. The molecule has 0 saturated heterocycles. The number of hydrogen-bond donors (Lipinski definition) is 0. The Bertz CT molecular complexity index is 330. The summed E-state index contributed by atoms with van der Waals surface area (Å²) >= 11 is 0. The van der Waals surface area contributed by atoms with Gasteiger partial charge in [0.1, 0.15) is 0 Å². The zero-order chi connectivity index (χ0) is 9.68. The van der Waals surface area contributed by atoms with Gasteiger partial charge >= 0.3 is 0 Å². The van der Waals surface area contributed by atoms with Crippen LogP contribution < -0.4 is 0 Å². The number of hydrazone groups is 1. The molecule has 0 saturated carbocycles. The molecule has 0 N–H and O–H groups in total. The van der Waals surface area contributed by atoms with E-state index in [-0.39, 0.29) is 0 Å². The first-order chi connectivity index (χ1) is 6.22. The van der Waals surface area contributed by atoms with Crippen LogP contribution in [0.25, 0.3) is 0 Å². The van der Waals surface area contributed by atoms with Crippen LogP contribution in [0.3, 0.4) is 0 Å². The first kappa shape index (κ1) is 9.27. The second-order valence-electron chi connectivity index (χ2n) is 2.83. The van der Waals surface area contributed by atoms with E-state index in [1.165, 1.54) is 0 Å². The van der Waals surface area contributed by atoms with Crippen molar-refractivity contribution >= 4 is 6.21 Å². The lowest BCUT2D eigenvalue weighted by Crippen LogP contribution is -2.01. The van der Waals surface area contributed by atoms with Crippen molar-refractivity contribution in [3.8, 4) is 6.07 Å². The number of nitriles is 1. The summed E-state index contributed by atoms with van der Waals surface area (Å²) < 4.78 is 0. The third-order valence-corrected chi connectivity index (χ3v) is 1.48. The molecule has 0 unspecified atom stereocenters. The molecule has 0 aliphatic rings. The summed E-state index contributed by atoms with van der Waals surface area (Å²) in [5.41, 5.74) is 1.66. The fourth-order valence-corrected chi connectivity index (χ4v) is 0.826. The van der Waals surface area contributed by atoms with E-state index in [0.717, 1.165) is 5.56 Å². The molecule has 0 aliphatic heterocycles. The van der Waals surface area contributed by atoms with Gasteiger partial charge in [0.25, 0.3) is 0 Å². The lowest BCUT2D eigenvalue weighted by Gasteiger charge is -2.01. The predicted octanol–water partition coefficient (Wildman–Crippen LogP) is 1.45. The van der Waals surface area contributed by atoms with E-state index < -0.39 is 0 Å². The van der Waals surface area contributed by atoms with E-state index in [1.807, 2.05) is 26.2 Å². The van der Waals surface area contributed by atoms with Crippen molar-refractivity contribution in [2.24, 2.45) is 5.10 Å². The molecule has 0 aliphatic carbocycles. The first-order valence-electron chi connectivity index (χ1n) is 3.94. The molecular weight excluding hydrogens is 162 g/mol. The van der Waals surface area contributed by atoms with Gasteiger partial charge in [-0.25, -0.2) is 0 Å². The van der Waals surface area contributed by atoms with Gasteiger partial charge in [0.05, 0.1) is 17.8 Å². The number of hydrogen-bond acceptors (Lipinski definition) is 3. The Balaban J connectivity index is 2.76. The Morgan fingerprint density at radius 3 is 2.38 bits per heavy atom. The zero-order valence-corrected chi connectivity index (χ0v) is 7.73. The molecule has 0 spiro atoms. The number of nitrogens with zero attached hydrogens (tertiary/aromatic N) is 3. The molecule has 0 bridgehead atoms. The normalized spacial score (nSPS) is 9.92. The van der Waals surface area contributed by atoms with Gasteiger partial charge in [0, 0.05) is 14.1 Å². The molecule has 0 aromatic heterocycles. The lowest BCUT2D eigenvalue weighted by molar-refractivity contribution is 0.440. The maximum atomic E-state index is 8.55. The van der Waals surface area contributed by atoms with Crippen molar-refractivity contribution in [3.05, 3.63) is 35.4 Å². The molecule has 66 valence electrons. The Kier molecular flexibility index (Phi) is 3.04. The molecule has 0 atom stereocenters. The average Bonchev–Trinajstić information content (AvgIpc) is 2.15. The minimum Gasteiger partial charge on any atom is -0.303 e. The maximum Gasteiger partial charge on any atom is 0.0991 e. The van der Waals surface area contributed by atoms with Crippen molar-refractivity contribution in [1.29, 1.82) is 5.26 Å². The maximum absolute atomic E-state index is 8.55. The summed E-state index contributed by atoms with van der Waals surface area (Å²) in [5.74, 6) is 0. The van der Waals surface area contributed by atoms with E-state index in [1.54, 1.807) is 23.4 Å². The van der Waals surface area contributed by atoms with Crippen LogP contribution in [0.4, 0.5) is 0 Å². The predicted molar refractivity (Wildman–Crippen MR) is 52.4 cm³/mol. The Hall–Kier alpha value is -1.82. The summed E-state index contributed by atoms with van der Waals surface area (Å²) in [4.78, 5) is 0. The van der Waals surface area contributed by atoms with Crippen LogP contribution in [0.15, 0.2) is 29.4 Å². The molecule has 3 heteroatoms. The van der Waals surface area contributed by atoms with Crippen molar-refractivity contribution in [2.45, 2.75) is 0 Å². The molecule has 0 amide bonds. The summed E-state index contributed by atoms with van der Waals surface area (Å²) in [6, 6.07) is 9.35. The van der Waals surface area contributed by atoms with Crippen molar-refractivity contribution in [3.63, 3.8) is 0 Å². The highest BCUT2D eigenvalue weighted by Crippen LogP contribution is 2.00. The van der Waals surface area contributed by atoms with Gasteiger partial charge < -0.3 is 5.01 Å². The van der Waals surface area contributed by atoms with E-state index in [0.29, 0.717) is 5.56 Å². The third kappa shape index (κ3) is 2.96. The average molecular weight is 173 g/mol. The van der Waals surface area contributed by atoms with E-state index in [2.05, 4.69) is 11.2 Å². The van der Waals surface area contributed by atoms with Gasteiger partial charge in [0.2, 0.25) is 0 Å². The summed E-state index contributed by atoms with van der Waals surface area (Å²) in [6.45, 7) is 0. The first-order valence-corrected chi connectivity index (χ1v) is 3.94. The Morgan fingerprint density at radius 1 is 1.31 bits per heavy atom. The monoisotopic (exact) mass is 173 g/mol. The van der Waals surface area contributed by atoms with E-state index >= 15 is 0 Å². The van der Waals surface area contributed by atoms with Gasteiger partial charge in [0.15, 0.2) is 0 Å². The van der Waals surface area contributed by atoms with Crippen molar-refractivity contribution in [2.75, 3.05) is 14.1 Å². The van der Waals surface area contributed by atoms with Crippen LogP contribution in [-0.2, 0) is 0 Å². The Morgan fingerprint density at radius 2 is 1.92 bits per heavy atom. The minimum atomic E-state index is 0.669. The van der Waals surface area contributed by atoms with Gasteiger partial charge in [-0.15, -0.1) is 0 Å². The topological polar surface area (TPSA) is 39.4 Å². The molecule has 13 heavy (non-hydrogen) atoms. The quantitative estimate of drug-likeness (QED) is 0.501. The van der Waals surface area contributed by atoms with Crippen LogP contribution in [0.1, 0.15) is 11.1 Å². The SMILES string of the molecule is CN(C)N=Cc1ccc(C#N)cc1. The molecular formula is C10H11N3. The smallest absolute Gasteiger partial charge is 0.0991 e. The second-order valence-corrected chi connectivity index (χ2v) is 2.83. The van der Waals surface area contributed by atoms with Crippen LogP contribution in [0, 0.1) is 11.3 Å². The van der Waals surface area contributed by atoms with Crippen molar-refractivity contribution in [1.82, 2.24) is 5.01 Å². The zero-order valence-electron chi connectivity index (χ0n) is 7.73. The van der Waals surface area contributed by atoms with E-state index in [9.17, 15) is 0 Å². The highest BCUT2D eigenvalue weighted by Gasteiger charge is 1.89. The number of rotatable bonds is 2. The largest absolute Gasteiger partial charge is 0.303 e. The van der Waals surface area contributed by atoms with Gasteiger partial charge in [-0.05, 0) is 17.7 Å². The fourth-order valence-electron chi connectivity index (χ4n) is 0.826. The summed E-state index contributed by atoms with van der Waals surface area (Å²) in [6.07, 6.45) is 1.75. The Labute approximate surface area is 77.9 Å². The van der Waals surface area contributed by atoms with Crippen LogP contribution >= 0.6 is 0 Å². The van der Waals surface area contributed by atoms with Crippen molar-refractivity contribution < 1.29 is 0 Å². The minimum absolute atomic E-state index is 0.669. The van der Waals surface area contributed by atoms with Crippen LogP contribution in [-0.4, -0.2) is 25.3 Å². The van der Waals surface area contributed by atoms with Crippen LogP contribution in [0.5, 0.6) is 0 Å². The van der Waals surface area contributed by atoms with Gasteiger partial charge in [-0.3, -0.25) is 0 Å².